The highest BCUT2D eigenvalue weighted by Gasteiger charge is 2.20. The van der Waals surface area contributed by atoms with E-state index in [1.807, 2.05) is 12.4 Å². The van der Waals surface area contributed by atoms with Gasteiger partial charge < -0.3 is 4.74 Å². The van der Waals surface area contributed by atoms with E-state index < -0.39 is 0 Å². The summed E-state index contributed by atoms with van der Waals surface area (Å²) in [6.07, 6.45) is 24.0. The molecule has 0 N–H and O–H groups in total. The number of rotatable bonds is 15. The Morgan fingerprint density at radius 3 is 2.03 bits per heavy atom. The van der Waals surface area contributed by atoms with E-state index in [0.29, 0.717) is 0 Å². The van der Waals surface area contributed by atoms with Crippen LogP contribution in [0.5, 0.6) is 5.75 Å². The average Bonchev–Trinajstić information content (AvgIpc) is 2.86. The molecular formula is C30H46N2O. The molecule has 1 saturated carbocycles. The van der Waals surface area contributed by atoms with Crippen molar-refractivity contribution in [1.82, 2.24) is 9.97 Å². The monoisotopic (exact) mass is 450 g/mol. The van der Waals surface area contributed by atoms with E-state index in [2.05, 4.69) is 48.1 Å². The zero-order valence-corrected chi connectivity index (χ0v) is 21.2. The molecule has 0 radical (unpaired) electrons. The van der Waals surface area contributed by atoms with Crippen molar-refractivity contribution >= 4 is 0 Å². The Morgan fingerprint density at radius 2 is 1.36 bits per heavy atom. The van der Waals surface area contributed by atoms with Crippen LogP contribution in [0.15, 0.2) is 36.7 Å². The van der Waals surface area contributed by atoms with Gasteiger partial charge in [-0.1, -0.05) is 84.5 Å². The topological polar surface area (TPSA) is 35.0 Å². The molecule has 2 aromatic rings. The molecule has 33 heavy (non-hydrogen) atoms. The maximum Gasteiger partial charge on any atom is 0.159 e. The standard InChI is InChI=1S/C30H46N2O/c1-3-5-6-7-8-9-12-27-23-31-30(32-24-27)28-18-20-29(21-19-28)33-22-10-13-26-16-14-25(11-4-2)15-17-26/h18-21,23-26H,3-17,22H2,1-2H3. The zero-order valence-electron chi connectivity index (χ0n) is 21.2. The van der Waals surface area contributed by atoms with Crippen LogP contribution < -0.4 is 4.74 Å². The fraction of sp³-hybridized carbons (Fsp3) is 0.667. The van der Waals surface area contributed by atoms with Crippen LogP contribution in [0.25, 0.3) is 11.4 Å². The van der Waals surface area contributed by atoms with E-state index in [9.17, 15) is 0 Å². The van der Waals surface area contributed by atoms with Gasteiger partial charge in [0.1, 0.15) is 5.75 Å². The summed E-state index contributed by atoms with van der Waals surface area (Å²) in [6.45, 7) is 5.40. The first-order chi connectivity index (χ1) is 16.3. The number of benzene rings is 1. The number of unbranched alkanes of at least 4 members (excludes halogenated alkanes) is 5. The van der Waals surface area contributed by atoms with E-state index in [1.54, 1.807) is 0 Å². The molecule has 1 heterocycles. The van der Waals surface area contributed by atoms with Gasteiger partial charge in [0, 0.05) is 18.0 Å². The maximum atomic E-state index is 6.01. The third-order valence-corrected chi connectivity index (χ3v) is 7.33. The summed E-state index contributed by atoms with van der Waals surface area (Å²) in [5, 5.41) is 0. The lowest BCUT2D eigenvalue weighted by Crippen LogP contribution is -2.15. The van der Waals surface area contributed by atoms with Crippen molar-refractivity contribution in [2.24, 2.45) is 11.8 Å². The van der Waals surface area contributed by atoms with Crippen LogP contribution in [0, 0.1) is 11.8 Å². The second-order valence-corrected chi connectivity index (χ2v) is 10.1. The first kappa shape index (κ1) is 25.7. The summed E-state index contributed by atoms with van der Waals surface area (Å²) in [5.41, 5.74) is 2.30. The van der Waals surface area contributed by atoms with Gasteiger partial charge >= 0.3 is 0 Å². The maximum absolute atomic E-state index is 6.01. The van der Waals surface area contributed by atoms with Crippen molar-refractivity contribution < 1.29 is 4.74 Å². The van der Waals surface area contributed by atoms with Gasteiger partial charge in [0.15, 0.2) is 5.82 Å². The Morgan fingerprint density at radius 1 is 0.727 bits per heavy atom. The molecule has 3 nitrogen and oxygen atoms in total. The fourth-order valence-corrected chi connectivity index (χ4v) is 5.22. The summed E-state index contributed by atoms with van der Waals surface area (Å²) in [7, 11) is 0. The van der Waals surface area contributed by atoms with Gasteiger partial charge in [0.2, 0.25) is 0 Å². The number of hydrogen-bond donors (Lipinski definition) is 0. The lowest BCUT2D eigenvalue weighted by Gasteiger charge is -2.28. The van der Waals surface area contributed by atoms with Crippen molar-refractivity contribution in [3.63, 3.8) is 0 Å². The van der Waals surface area contributed by atoms with E-state index in [4.69, 9.17) is 4.74 Å². The first-order valence-corrected chi connectivity index (χ1v) is 13.8. The fourth-order valence-electron chi connectivity index (χ4n) is 5.22. The highest BCUT2D eigenvalue weighted by atomic mass is 16.5. The van der Waals surface area contributed by atoms with Crippen molar-refractivity contribution in [3.8, 4) is 17.1 Å². The number of aromatic nitrogens is 2. The van der Waals surface area contributed by atoms with E-state index in [-0.39, 0.29) is 0 Å². The largest absolute Gasteiger partial charge is 0.494 e. The van der Waals surface area contributed by atoms with E-state index in [1.165, 1.54) is 89.0 Å². The van der Waals surface area contributed by atoms with Gasteiger partial charge in [-0.15, -0.1) is 0 Å². The molecule has 182 valence electrons. The molecule has 1 aliphatic carbocycles. The molecule has 1 aromatic heterocycles. The van der Waals surface area contributed by atoms with Gasteiger partial charge in [0.05, 0.1) is 6.61 Å². The van der Waals surface area contributed by atoms with Crippen LogP contribution in [-0.4, -0.2) is 16.6 Å². The summed E-state index contributed by atoms with van der Waals surface area (Å²) < 4.78 is 6.01. The van der Waals surface area contributed by atoms with Gasteiger partial charge in [-0.2, -0.15) is 0 Å². The molecule has 3 rings (SSSR count). The molecule has 1 aliphatic rings. The normalized spacial score (nSPS) is 18.4. The van der Waals surface area contributed by atoms with Crippen LogP contribution in [0.3, 0.4) is 0 Å². The molecule has 0 bridgehead atoms. The van der Waals surface area contributed by atoms with Crippen molar-refractivity contribution in [2.45, 2.75) is 110 Å². The summed E-state index contributed by atoms with van der Waals surface area (Å²) in [4.78, 5) is 9.20. The lowest BCUT2D eigenvalue weighted by atomic mass is 9.78. The first-order valence-electron chi connectivity index (χ1n) is 13.8. The zero-order chi connectivity index (χ0) is 23.1. The van der Waals surface area contributed by atoms with Gasteiger partial charge in [-0.25, -0.2) is 9.97 Å². The number of ether oxygens (including phenoxy) is 1. The van der Waals surface area contributed by atoms with E-state index in [0.717, 1.165) is 48.4 Å². The summed E-state index contributed by atoms with van der Waals surface area (Å²) in [5.74, 6) is 3.67. The molecule has 0 atom stereocenters. The SMILES string of the molecule is CCCCCCCCc1cnc(-c2ccc(OCCCC3CCC(CCC)CC3)cc2)nc1. The van der Waals surface area contributed by atoms with E-state index >= 15 is 0 Å². The van der Waals surface area contributed by atoms with Crippen LogP contribution in [0.4, 0.5) is 0 Å². The number of hydrogen-bond acceptors (Lipinski definition) is 3. The molecule has 0 unspecified atom stereocenters. The Balaban J connectivity index is 1.32. The molecule has 1 fully saturated rings. The molecule has 0 spiro atoms. The predicted molar refractivity (Wildman–Crippen MR) is 140 cm³/mol. The summed E-state index contributed by atoms with van der Waals surface area (Å²) >= 11 is 0. The minimum Gasteiger partial charge on any atom is -0.494 e. The third kappa shape index (κ3) is 9.47. The van der Waals surface area contributed by atoms with Crippen molar-refractivity contribution in [3.05, 3.63) is 42.2 Å². The average molecular weight is 451 g/mol. The Labute approximate surface area is 202 Å². The second kappa shape index (κ2) is 15.1. The smallest absolute Gasteiger partial charge is 0.159 e. The van der Waals surface area contributed by atoms with Crippen LogP contribution in [0.1, 0.15) is 109 Å². The Bertz CT molecular complexity index is 748. The highest BCUT2D eigenvalue weighted by Crippen LogP contribution is 2.33. The second-order valence-electron chi connectivity index (χ2n) is 10.1. The Hall–Kier alpha value is -1.90. The van der Waals surface area contributed by atoms with Gasteiger partial charge in [-0.05, 0) is 67.3 Å². The van der Waals surface area contributed by atoms with Crippen LogP contribution in [0.2, 0.25) is 0 Å². The molecule has 0 aliphatic heterocycles. The summed E-state index contributed by atoms with van der Waals surface area (Å²) in [6, 6.07) is 8.26. The molecule has 3 heteroatoms. The van der Waals surface area contributed by atoms with Crippen molar-refractivity contribution in [2.75, 3.05) is 6.61 Å². The Kier molecular flexibility index (Phi) is 11.8. The quantitative estimate of drug-likeness (QED) is 0.254. The van der Waals surface area contributed by atoms with Crippen molar-refractivity contribution in [1.29, 1.82) is 0 Å². The third-order valence-electron chi connectivity index (χ3n) is 7.33. The highest BCUT2D eigenvalue weighted by molar-refractivity contribution is 5.55. The molecular weight excluding hydrogens is 404 g/mol. The minimum absolute atomic E-state index is 0.798. The van der Waals surface area contributed by atoms with Crippen LogP contribution >= 0.6 is 0 Å². The number of aryl methyl sites for hydroxylation is 1. The molecule has 0 saturated heterocycles. The van der Waals surface area contributed by atoms with Gasteiger partial charge in [0.25, 0.3) is 0 Å². The van der Waals surface area contributed by atoms with Crippen LogP contribution in [-0.2, 0) is 6.42 Å². The van der Waals surface area contributed by atoms with Gasteiger partial charge in [-0.3, -0.25) is 0 Å². The predicted octanol–water partition coefficient (Wildman–Crippen LogP) is 8.81. The minimum atomic E-state index is 0.798. The molecule has 0 amide bonds. The lowest BCUT2D eigenvalue weighted by molar-refractivity contribution is 0.230. The number of nitrogens with zero attached hydrogens (tertiary/aromatic N) is 2. The molecule has 1 aromatic carbocycles.